The van der Waals surface area contributed by atoms with Crippen molar-refractivity contribution >= 4 is 5.91 Å². The number of benzene rings is 1. The molecule has 2 rings (SSSR count). The van der Waals surface area contributed by atoms with E-state index in [0.29, 0.717) is 13.0 Å². The van der Waals surface area contributed by atoms with Crippen LogP contribution < -0.4 is 10.1 Å². The predicted molar refractivity (Wildman–Crippen MR) is 104 cm³/mol. The monoisotopic (exact) mass is 436 g/mol. The second-order valence-electron chi connectivity index (χ2n) is 8.88. The van der Waals surface area contributed by atoms with E-state index in [0.717, 1.165) is 31.6 Å². The average molecular weight is 436 g/mol. The number of nitrogens with zero attached hydrogens (tertiary/aromatic N) is 1. The van der Waals surface area contributed by atoms with E-state index < -0.39 is 30.4 Å². The minimum absolute atomic E-state index is 0.0319. The molecule has 1 fully saturated rings. The van der Waals surface area contributed by atoms with Gasteiger partial charge < -0.3 is 15.0 Å². The number of carbonyl (C=O) groups excluding carboxylic acids is 1. The number of hydrogen-bond acceptors (Lipinski definition) is 3. The van der Waals surface area contributed by atoms with E-state index in [4.69, 9.17) is 0 Å². The molecule has 2 atom stereocenters. The van der Waals surface area contributed by atoms with Crippen LogP contribution in [0.4, 0.5) is 22.0 Å². The second-order valence-corrected chi connectivity index (χ2v) is 8.88. The molecule has 1 amide bonds. The Morgan fingerprint density at radius 1 is 1.30 bits per heavy atom. The number of piperidine rings is 1. The minimum Gasteiger partial charge on any atom is -0.428 e. The summed E-state index contributed by atoms with van der Waals surface area (Å²) in [6.45, 7) is 8.38. The number of hydrogen-bond donors (Lipinski definition) is 1. The van der Waals surface area contributed by atoms with Gasteiger partial charge in [-0.05, 0) is 49.5 Å². The summed E-state index contributed by atoms with van der Waals surface area (Å²) in [4.78, 5) is 14.4. The number of rotatable bonds is 8. The van der Waals surface area contributed by atoms with Gasteiger partial charge in [-0.15, -0.1) is 0 Å². The molecule has 1 aromatic rings. The van der Waals surface area contributed by atoms with Crippen molar-refractivity contribution in [3.8, 4) is 5.75 Å². The Hall–Kier alpha value is -1.90. The first-order valence-corrected chi connectivity index (χ1v) is 9.97. The summed E-state index contributed by atoms with van der Waals surface area (Å²) < 4.78 is 69.1. The lowest BCUT2D eigenvalue weighted by molar-refractivity contribution is -0.253. The third-order valence-electron chi connectivity index (χ3n) is 5.07. The minimum atomic E-state index is -4.66. The summed E-state index contributed by atoms with van der Waals surface area (Å²) in [5.41, 5.74) is 0.143. The van der Waals surface area contributed by atoms with Crippen LogP contribution in [0.1, 0.15) is 44.0 Å². The van der Waals surface area contributed by atoms with Crippen LogP contribution in [-0.2, 0) is 0 Å². The van der Waals surface area contributed by atoms with Crippen LogP contribution in [0.15, 0.2) is 24.3 Å². The zero-order valence-corrected chi connectivity index (χ0v) is 17.4. The molecule has 1 saturated heterocycles. The Morgan fingerprint density at radius 2 is 2.00 bits per heavy atom. The fourth-order valence-corrected chi connectivity index (χ4v) is 3.17. The third kappa shape index (κ3) is 7.41. The first-order valence-electron chi connectivity index (χ1n) is 9.97. The maximum absolute atomic E-state index is 14.5. The van der Waals surface area contributed by atoms with Crippen LogP contribution in [0.3, 0.4) is 0 Å². The highest BCUT2D eigenvalue weighted by molar-refractivity contribution is 5.94. The number of ether oxygens (including phenoxy) is 1. The molecule has 0 spiro atoms. The molecule has 30 heavy (non-hydrogen) atoms. The topological polar surface area (TPSA) is 41.6 Å². The van der Waals surface area contributed by atoms with Gasteiger partial charge in [-0.3, -0.25) is 4.79 Å². The van der Waals surface area contributed by atoms with Gasteiger partial charge in [0.25, 0.3) is 5.91 Å². The largest absolute Gasteiger partial charge is 0.461 e. The van der Waals surface area contributed by atoms with Crippen LogP contribution in [0.25, 0.3) is 0 Å². The lowest BCUT2D eigenvalue weighted by Crippen LogP contribution is -2.46. The number of likely N-dealkylation sites (tertiary alicyclic amines) is 1. The summed E-state index contributed by atoms with van der Waals surface area (Å²) in [6.07, 6.45) is -8.18. The van der Waals surface area contributed by atoms with Crippen molar-refractivity contribution in [1.82, 2.24) is 10.2 Å². The lowest BCUT2D eigenvalue weighted by atomic mass is 9.90. The summed E-state index contributed by atoms with van der Waals surface area (Å²) in [5.74, 6) is -1.51. The molecule has 0 aromatic heterocycles. The average Bonchev–Trinajstić information content (AvgIpc) is 2.64. The quantitative estimate of drug-likeness (QED) is 0.598. The van der Waals surface area contributed by atoms with E-state index in [1.54, 1.807) is 0 Å². The summed E-state index contributed by atoms with van der Waals surface area (Å²) in [7, 11) is 0. The van der Waals surface area contributed by atoms with Gasteiger partial charge in [-0.1, -0.05) is 26.8 Å². The fraction of sp³-hybridized carbons (Fsp3) is 0.667. The SMILES string of the molecule is CC(C)(C)CCN1CCC(CNC(=O)c2cccc(OC(F)(F)C(F)F)c2)C(F)C1. The fourth-order valence-electron chi connectivity index (χ4n) is 3.17. The molecule has 170 valence electrons. The van der Waals surface area contributed by atoms with E-state index in [2.05, 4.69) is 35.7 Å². The van der Waals surface area contributed by atoms with Crippen LogP contribution >= 0.6 is 0 Å². The Labute approximate surface area is 173 Å². The van der Waals surface area contributed by atoms with E-state index >= 15 is 0 Å². The van der Waals surface area contributed by atoms with Crippen LogP contribution in [0, 0.1) is 11.3 Å². The van der Waals surface area contributed by atoms with Gasteiger partial charge in [0.05, 0.1) is 0 Å². The highest BCUT2D eigenvalue weighted by Crippen LogP contribution is 2.28. The molecule has 1 aliphatic heterocycles. The van der Waals surface area contributed by atoms with Crippen molar-refractivity contribution in [1.29, 1.82) is 0 Å². The molecule has 1 aromatic carbocycles. The van der Waals surface area contributed by atoms with Crippen molar-refractivity contribution in [3.63, 3.8) is 0 Å². The maximum atomic E-state index is 14.5. The van der Waals surface area contributed by atoms with Crippen LogP contribution in [-0.4, -0.2) is 55.7 Å². The number of nitrogens with one attached hydrogen (secondary N) is 1. The summed E-state index contributed by atoms with van der Waals surface area (Å²) in [6, 6.07) is 4.59. The molecule has 1 heterocycles. The molecule has 2 unspecified atom stereocenters. The molecule has 9 heteroatoms. The predicted octanol–water partition coefficient (Wildman–Crippen LogP) is 4.75. The molecular weight excluding hydrogens is 407 g/mol. The van der Waals surface area contributed by atoms with E-state index in [1.807, 2.05) is 0 Å². The summed E-state index contributed by atoms with van der Waals surface area (Å²) >= 11 is 0. The molecule has 4 nitrogen and oxygen atoms in total. The van der Waals surface area contributed by atoms with Gasteiger partial charge in [0.2, 0.25) is 0 Å². The third-order valence-corrected chi connectivity index (χ3v) is 5.07. The van der Waals surface area contributed by atoms with Gasteiger partial charge in [-0.25, -0.2) is 4.39 Å². The Balaban J connectivity index is 1.85. The Kier molecular flexibility index (Phi) is 8.07. The standard InChI is InChI=1S/C21H29F5N2O2/c1-20(2,3)8-10-28-9-7-15(17(22)13-28)12-27-18(29)14-5-4-6-16(11-14)30-21(25,26)19(23)24/h4-6,11,15,17,19H,7-10,12-13H2,1-3H3,(H,27,29). The first kappa shape index (κ1) is 24.4. The van der Waals surface area contributed by atoms with Crippen molar-refractivity contribution in [3.05, 3.63) is 29.8 Å². The van der Waals surface area contributed by atoms with Crippen molar-refractivity contribution < 1.29 is 31.5 Å². The first-order chi connectivity index (χ1) is 13.9. The van der Waals surface area contributed by atoms with Crippen molar-refractivity contribution in [2.45, 2.75) is 52.3 Å². The Bertz CT molecular complexity index is 709. The Morgan fingerprint density at radius 3 is 2.60 bits per heavy atom. The maximum Gasteiger partial charge on any atom is 0.461 e. The zero-order chi connectivity index (χ0) is 22.5. The highest BCUT2D eigenvalue weighted by atomic mass is 19.3. The molecule has 0 radical (unpaired) electrons. The number of alkyl halides is 5. The molecule has 1 N–H and O–H groups in total. The summed E-state index contributed by atoms with van der Waals surface area (Å²) in [5, 5.41) is 2.59. The smallest absolute Gasteiger partial charge is 0.428 e. The molecule has 0 saturated carbocycles. The van der Waals surface area contributed by atoms with E-state index in [1.165, 1.54) is 12.1 Å². The van der Waals surface area contributed by atoms with Crippen molar-refractivity contribution in [2.75, 3.05) is 26.2 Å². The molecule has 0 aliphatic carbocycles. The number of carbonyl (C=O) groups is 1. The van der Waals surface area contributed by atoms with Gasteiger partial charge in [0.15, 0.2) is 0 Å². The van der Waals surface area contributed by atoms with E-state index in [-0.39, 0.29) is 23.4 Å². The van der Waals surface area contributed by atoms with Gasteiger partial charge >= 0.3 is 12.5 Å². The van der Waals surface area contributed by atoms with Gasteiger partial charge in [-0.2, -0.15) is 17.6 Å². The normalized spacial score (nSPS) is 21.0. The molecule has 1 aliphatic rings. The highest BCUT2D eigenvalue weighted by Gasteiger charge is 2.44. The molecule has 0 bridgehead atoms. The number of halogens is 5. The van der Waals surface area contributed by atoms with Crippen LogP contribution in [0.5, 0.6) is 5.75 Å². The van der Waals surface area contributed by atoms with E-state index in [9.17, 15) is 26.7 Å². The van der Waals surface area contributed by atoms with Gasteiger partial charge in [0.1, 0.15) is 11.9 Å². The number of amides is 1. The van der Waals surface area contributed by atoms with Crippen molar-refractivity contribution in [2.24, 2.45) is 11.3 Å². The zero-order valence-electron chi connectivity index (χ0n) is 17.4. The van der Waals surface area contributed by atoms with Gasteiger partial charge in [0, 0.05) is 24.6 Å². The second kappa shape index (κ2) is 9.94. The van der Waals surface area contributed by atoms with Crippen LogP contribution in [0.2, 0.25) is 0 Å². The molecular formula is C21H29F5N2O2. The lowest BCUT2D eigenvalue weighted by Gasteiger charge is -2.36.